The molecule has 6 aromatic rings. The van der Waals surface area contributed by atoms with Crippen LogP contribution in [0.1, 0.15) is 74.9 Å². The smallest absolute Gasteiger partial charge is 0.407 e. The first-order valence-electron chi connectivity index (χ1n) is 20.7. The van der Waals surface area contributed by atoms with E-state index in [9.17, 15) is 19.2 Å². The highest BCUT2D eigenvalue weighted by molar-refractivity contribution is 5.91. The van der Waals surface area contributed by atoms with Crippen LogP contribution in [0.2, 0.25) is 0 Å². The van der Waals surface area contributed by atoms with Crippen molar-refractivity contribution in [1.29, 1.82) is 0 Å². The van der Waals surface area contributed by atoms with E-state index in [1.807, 2.05) is 61.5 Å². The second kappa shape index (κ2) is 17.7. The second-order valence-electron chi connectivity index (χ2n) is 15.9. The van der Waals surface area contributed by atoms with Crippen molar-refractivity contribution in [3.05, 3.63) is 121 Å². The Bertz CT molecular complexity index is 2530. The predicted molar refractivity (Wildman–Crippen MR) is 231 cm³/mol. The largest absolute Gasteiger partial charge is 0.453 e. The second-order valence-corrected chi connectivity index (χ2v) is 15.9. The number of carbonyl (C=O) groups excluding carboxylic acids is 4. The van der Waals surface area contributed by atoms with Crippen molar-refractivity contribution >= 4 is 34.8 Å². The highest BCUT2D eigenvalue weighted by atomic mass is 16.5. The molecule has 8 rings (SSSR count). The summed E-state index contributed by atoms with van der Waals surface area (Å²) < 4.78 is 9.60. The molecule has 4 heterocycles. The standard InChI is InChI=1S/C47H50N8O6/c1-28(2)40(52-46(58)60-3)44(56)54-22-8-12-38(54)42-48-26-36(50-42)30-16-14-29(15-17-30)32-18-19-34-25-35(21-20-33(34)24-32)37-27-49-43(51-37)39-13-9-23-55(39)45(57)41(53-47(59)61-4)31-10-6-5-7-11-31/h5-7,10-11,14-21,24-28,38-41H,8-9,12-13,22-23H2,1-4H3,(H,48,50)(H,49,51)(H,52,58)(H,53,59). The van der Waals surface area contributed by atoms with Gasteiger partial charge in [-0.25, -0.2) is 19.6 Å². The number of amides is 4. The van der Waals surface area contributed by atoms with Gasteiger partial charge in [-0.2, -0.15) is 0 Å². The van der Waals surface area contributed by atoms with Crippen molar-refractivity contribution < 1.29 is 28.7 Å². The Morgan fingerprint density at radius 1 is 0.639 bits per heavy atom. The summed E-state index contributed by atoms with van der Waals surface area (Å²) >= 11 is 0. The fourth-order valence-electron chi connectivity index (χ4n) is 8.52. The van der Waals surface area contributed by atoms with E-state index < -0.39 is 24.3 Å². The molecule has 4 N–H and O–H groups in total. The molecule has 14 heteroatoms. The number of H-pyrrole nitrogens is 2. The van der Waals surface area contributed by atoms with Crippen molar-refractivity contribution in [3.8, 4) is 33.6 Å². The summed E-state index contributed by atoms with van der Waals surface area (Å²) in [4.78, 5) is 71.7. The number of nitrogens with zero attached hydrogens (tertiary/aromatic N) is 4. The lowest BCUT2D eigenvalue weighted by Gasteiger charge is -2.30. The average molecular weight is 823 g/mol. The van der Waals surface area contributed by atoms with Crippen LogP contribution in [0.4, 0.5) is 9.59 Å². The lowest BCUT2D eigenvalue weighted by atomic mass is 9.98. The normalized spacial score (nSPS) is 17.3. The van der Waals surface area contributed by atoms with Crippen molar-refractivity contribution in [2.45, 2.75) is 63.7 Å². The summed E-state index contributed by atoms with van der Waals surface area (Å²) in [5.41, 5.74) is 6.52. The minimum atomic E-state index is -0.881. The molecule has 4 atom stereocenters. The fraction of sp³-hybridized carbons (Fsp3) is 0.319. The molecule has 2 aliphatic heterocycles. The monoisotopic (exact) mass is 822 g/mol. The quantitative estimate of drug-likeness (QED) is 0.101. The van der Waals surface area contributed by atoms with E-state index in [1.54, 1.807) is 4.90 Å². The van der Waals surface area contributed by atoms with Gasteiger partial charge in [0, 0.05) is 18.7 Å². The molecule has 0 spiro atoms. The number of alkyl carbamates (subject to hydrolysis) is 2. The third-order valence-electron chi connectivity index (χ3n) is 11.8. The van der Waals surface area contributed by atoms with Crippen LogP contribution in [-0.2, 0) is 19.1 Å². The van der Waals surface area contributed by atoms with E-state index in [4.69, 9.17) is 19.4 Å². The van der Waals surface area contributed by atoms with Gasteiger partial charge in [0.05, 0.1) is 50.1 Å². The van der Waals surface area contributed by atoms with Gasteiger partial charge in [-0.05, 0) is 76.8 Å². The number of hydrogen-bond acceptors (Lipinski definition) is 8. The minimum Gasteiger partial charge on any atom is -0.453 e. The van der Waals surface area contributed by atoms with Crippen LogP contribution in [0, 0.1) is 5.92 Å². The summed E-state index contributed by atoms with van der Waals surface area (Å²) in [7, 11) is 2.57. The van der Waals surface area contributed by atoms with Gasteiger partial charge in [-0.15, -0.1) is 0 Å². The third-order valence-corrected chi connectivity index (χ3v) is 11.8. The van der Waals surface area contributed by atoms with Crippen molar-refractivity contribution in [2.24, 2.45) is 5.92 Å². The van der Waals surface area contributed by atoms with Gasteiger partial charge in [0.2, 0.25) is 5.91 Å². The van der Waals surface area contributed by atoms with Gasteiger partial charge >= 0.3 is 12.2 Å². The Morgan fingerprint density at radius 2 is 1.15 bits per heavy atom. The Labute approximate surface area is 354 Å². The number of rotatable bonds is 11. The van der Waals surface area contributed by atoms with Crippen LogP contribution in [-0.4, -0.2) is 87.1 Å². The molecular formula is C47H50N8O6. The molecule has 314 valence electrons. The molecular weight excluding hydrogens is 773 g/mol. The van der Waals surface area contributed by atoms with Crippen LogP contribution in [0.25, 0.3) is 44.4 Å². The molecule has 0 bridgehead atoms. The number of methoxy groups -OCH3 is 2. The lowest BCUT2D eigenvalue weighted by Crippen LogP contribution is -2.51. The molecule has 61 heavy (non-hydrogen) atoms. The number of likely N-dealkylation sites (tertiary alicyclic amines) is 2. The molecule has 2 aromatic heterocycles. The first kappa shape index (κ1) is 40.8. The molecule has 2 saturated heterocycles. The van der Waals surface area contributed by atoms with E-state index in [2.05, 4.69) is 81.3 Å². The molecule has 2 fully saturated rings. The highest BCUT2D eigenvalue weighted by Crippen LogP contribution is 2.36. The number of hydrogen-bond donors (Lipinski definition) is 4. The zero-order valence-electron chi connectivity index (χ0n) is 34.7. The number of fused-ring (bicyclic) bond motifs is 1. The highest BCUT2D eigenvalue weighted by Gasteiger charge is 2.39. The van der Waals surface area contributed by atoms with Crippen LogP contribution in [0.3, 0.4) is 0 Å². The third kappa shape index (κ3) is 8.56. The van der Waals surface area contributed by atoms with Gasteiger partial charge in [0.15, 0.2) is 0 Å². The van der Waals surface area contributed by atoms with Crippen molar-refractivity contribution in [3.63, 3.8) is 0 Å². The summed E-state index contributed by atoms with van der Waals surface area (Å²) in [6, 6.07) is 28.2. The lowest BCUT2D eigenvalue weighted by molar-refractivity contribution is -0.135. The first-order valence-corrected chi connectivity index (χ1v) is 20.7. The van der Waals surface area contributed by atoms with Crippen LogP contribution in [0.15, 0.2) is 103 Å². The Balaban J connectivity index is 0.943. The van der Waals surface area contributed by atoms with E-state index in [-0.39, 0.29) is 29.8 Å². The van der Waals surface area contributed by atoms with E-state index in [0.29, 0.717) is 24.5 Å². The molecule has 0 saturated carbocycles. The van der Waals surface area contributed by atoms with Crippen LogP contribution < -0.4 is 10.6 Å². The van der Waals surface area contributed by atoms with E-state index in [1.165, 1.54) is 14.2 Å². The number of aromatic amines is 2. The number of ether oxygens (including phenoxy) is 2. The predicted octanol–water partition coefficient (Wildman–Crippen LogP) is 8.09. The number of nitrogens with one attached hydrogen (secondary N) is 4. The SMILES string of the molecule is COC(=O)NC(C(=O)N1CCCC1c1ncc(-c2ccc3cc(-c4ccc(-c5cnc(C6CCCN6C(=O)C(NC(=O)OC)C(C)C)[nH]5)cc4)ccc3c2)[nH]1)c1ccccc1. The number of aromatic nitrogens is 4. The molecule has 4 aromatic carbocycles. The van der Waals surface area contributed by atoms with E-state index in [0.717, 1.165) is 75.9 Å². The Morgan fingerprint density at radius 3 is 1.74 bits per heavy atom. The zero-order valence-corrected chi connectivity index (χ0v) is 34.7. The minimum absolute atomic E-state index is 0.107. The number of imidazole rings is 2. The molecule has 14 nitrogen and oxygen atoms in total. The maximum Gasteiger partial charge on any atom is 0.407 e. The maximum atomic E-state index is 13.9. The molecule has 2 aliphatic rings. The average Bonchev–Trinajstić information content (AvgIpc) is 4.14. The van der Waals surface area contributed by atoms with Crippen LogP contribution >= 0.6 is 0 Å². The summed E-state index contributed by atoms with van der Waals surface area (Å²) in [5, 5.41) is 7.60. The molecule has 0 radical (unpaired) electrons. The van der Waals surface area contributed by atoms with Gasteiger partial charge in [-0.3, -0.25) is 9.59 Å². The van der Waals surface area contributed by atoms with Crippen molar-refractivity contribution in [2.75, 3.05) is 27.3 Å². The number of carbonyl (C=O) groups is 4. The van der Waals surface area contributed by atoms with Crippen molar-refractivity contribution in [1.82, 2.24) is 40.4 Å². The molecule has 0 aliphatic carbocycles. The van der Waals surface area contributed by atoms with Gasteiger partial charge in [0.1, 0.15) is 23.7 Å². The maximum absolute atomic E-state index is 13.9. The van der Waals surface area contributed by atoms with Gasteiger partial charge < -0.3 is 39.9 Å². The molecule has 4 amide bonds. The topological polar surface area (TPSA) is 175 Å². The zero-order chi connectivity index (χ0) is 42.6. The molecule has 4 unspecified atom stereocenters. The van der Waals surface area contributed by atoms with Gasteiger partial charge in [-0.1, -0.05) is 92.7 Å². The first-order chi connectivity index (χ1) is 29.6. The summed E-state index contributed by atoms with van der Waals surface area (Å²) in [6.07, 6.45) is 5.53. The Kier molecular flexibility index (Phi) is 11.9. The fourth-order valence-corrected chi connectivity index (χ4v) is 8.52. The Hall–Kier alpha value is -6.96. The van der Waals surface area contributed by atoms with Gasteiger partial charge in [0.25, 0.3) is 5.91 Å². The van der Waals surface area contributed by atoms with E-state index >= 15 is 0 Å². The number of benzene rings is 4. The summed E-state index contributed by atoms with van der Waals surface area (Å²) in [6.45, 7) is 4.95. The summed E-state index contributed by atoms with van der Waals surface area (Å²) in [5.74, 6) is 0.973. The van der Waals surface area contributed by atoms with Crippen LogP contribution in [0.5, 0.6) is 0 Å².